The molecular weight excluding hydrogens is 330 g/mol. The van der Waals surface area contributed by atoms with Crippen LogP contribution in [0.15, 0.2) is 65.4 Å². The fourth-order valence-electron chi connectivity index (χ4n) is 2.35. The van der Waals surface area contributed by atoms with Crippen LogP contribution in [0.2, 0.25) is 0 Å². The number of hydrogen-bond donors (Lipinski definition) is 2. The molecule has 2 heterocycles. The van der Waals surface area contributed by atoms with Crippen LogP contribution < -0.4 is 15.4 Å². The summed E-state index contributed by atoms with van der Waals surface area (Å²) >= 11 is 0. The van der Waals surface area contributed by atoms with E-state index in [4.69, 9.17) is 9.15 Å². The lowest BCUT2D eigenvalue weighted by Gasteiger charge is -2.14. The third kappa shape index (κ3) is 4.63. The molecule has 1 amide bonds. The van der Waals surface area contributed by atoms with Crippen molar-refractivity contribution in [2.24, 2.45) is 0 Å². The molecule has 0 aliphatic heterocycles. The molecule has 2 aromatic heterocycles. The Morgan fingerprint density at radius 3 is 2.69 bits per heavy atom. The van der Waals surface area contributed by atoms with E-state index in [1.807, 2.05) is 44.2 Å². The topological polar surface area (TPSA) is 76.4 Å². The summed E-state index contributed by atoms with van der Waals surface area (Å²) in [6, 6.07) is 14.5. The first-order valence-electron chi connectivity index (χ1n) is 8.41. The first kappa shape index (κ1) is 17.5. The number of furan rings is 1. The summed E-state index contributed by atoms with van der Waals surface area (Å²) < 4.78 is 11.0. The van der Waals surface area contributed by atoms with E-state index in [9.17, 15) is 4.79 Å². The van der Waals surface area contributed by atoms with Gasteiger partial charge in [-0.15, -0.1) is 0 Å². The van der Waals surface area contributed by atoms with Gasteiger partial charge in [-0.05, 0) is 50.2 Å². The smallest absolute Gasteiger partial charge is 0.274 e. The van der Waals surface area contributed by atoms with Crippen LogP contribution in [-0.4, -0.2) is 17.0 Å². The fraction of sp³-hybridized carbons (Fsp3) is 0.200. The molecule has 3 aromatic rings. The highest BCUT2D eigenvalue weighted by Crippen LogP contribution is 2.25. The van der Waals surface area contributed by atoms with E-state index in [1.165, 1.54) is 0 Å². The van der Waals surface area contributed by atoms with E-state index < -0.39 is 0 Å². The van der Waals surface area contributed by atoms with Gasteiger partial charge in [0, 0.05) is 0 Å². The van der Waals surface area contributed by atoms with Crippen LogP contribution in [0.5, 0.6) is 5.75 Å². The van der Waals surface area contributed by atoms with Crippen molar-refractivity contribution in [1.82, 2.24) is 4.98 Å². The van der Waals surface area contributed by atoms with Crippen molar-refractivity contribution in [3.8, 4) is 5.75 Å². The highest BCUT2D eigenvalue weighted by molar-refractivity contribution is 6.03. The number of ether oxygens (including phenoxy) is 1. The average Bonchev–Trinajstić information content (AvgIpc) is 3.15. The Balaban J connectivity index is 1.63. The van der Waals surface area contributed by atoms with Gasteiger partial charge >= 0.3 is 0 Å². The van der Waals surface area contributed by atoms with Gasteiger partial charge in [-0.2, -0.15) is 0 Å². The minimum Gasteiger partial charge on any atom is -0.489 e. The van der Waals surface area contributed by atoms with Crippen molar-refractivity contribution in [1.29, 1.82) is 0 Å². The molecule has 6 nitrogen and oxygen atoms in total. The zero-order valence-corrected chi connectivity index (χ0v) is 14.7. The number of rotatable bonds is 7. The Morgan fingerprint density at radius 1 is 1.15 bits per heavy atom. The normalized spacial score (nSPS) is 10.6. The number of aromatic nitrogens is 1. The van der Waals surface area contributed by atoms with Crippen molar-refractivity contribution >= 4 is 17.3 Å². The molecule has 0 saturated carbocycles. The summed E-state index contributed by atoms with van der Waals surface area (Å²) in [6.45, 7) is 4.43. The van der Waals surface area contributed by atoms with E-state index in [0.29, 0.717) is 23.7 Å². The van der Waals surface area contributed by atoms with Crippen molar-refractivity contribution < 1.29 is 13.9 Å². The molecule has 0 aliphatic carbocycles. The molecule has 3 rings (SSSR count). The lowest BCUT2D eigenvalue weighted by atomic mass is 10.2. The molecule has 0 aliphatic rings. The monoisotopic (exact) mass is 351 g/mol. The van der Waals surface area contributed by atoms with Crippen LogP contribution in [-0.2, 0) is 6.54 Å². The maximum Gasteiger partial charge on any atom is 0.274 e. The summed E-state index contributed by atoms with van der Waals surface area (Å²) in [5.74, 6) is 1.17. The molecular formula is C20H21N3O3. The van der Waals surface area contributed by atoms with E-state index in [-0.39, 0.29) is 12.0 Å². The molecule has 0 spiro atoms. The number of carbonyl (C=O) groups excluding carboxylic acids is 1. The first-order chi connectivity index (χ1) is 12.6. The van der Waals surface area contributed by atoms with Crippen LogP contribution in [0.4, 0.5) is 11.4 Å². The van der Waals surface area contributed by atoms with E-state index in [1.54, 1.807) is 30.7 Å². The highest BCUT2D eigenvalue weighted by Gasteiger charge is 2.12. The summed E-state index contributed by atoms with van der Waals surface area (Å²) in [4.78, 5) is 16.7. The second-order valence-corrected chi connectivity index (χ2v) is 5.98. The predicted octanol–water partition coefficient (Wildman–Crippen LogP) is 4.33. The van der Waals surface area contributed by atoms with Gasteiger partial charge in [-0.3, -0.25) is 4.79 Å². The van der Waals surface area contributed by atoms with Crippen molar-refractivity contribution in [3.63, 3.8) is 0 Å². The Kier molecular flexibility index (Phi) is 5.53. The zero-order valence-electron chi connectivity index (χ0n) is 14.7. The van der Waals surface area contributed by atoms with Crippen molar-refractivity contribution in [2.45, 2.75) is 26.5 Å². The van der Waals surface area contributed by atoms with Gasteiger partial charge < -0.3 is 19.8 Å². The van der Waals surface area contributed by atoms with Crippen LogP contribution in [0, 0.1) is 0 Å². The summed E-state index contributed by atoms with van der Waals surface area (Å²) in [5.41, 5.74) is 1.75. The molecule has 134 valence electrons. The van der Waals surface area contributed by atoms with Crippen LogP contribution >= 0.6 is 0 Å². The molecule has 0 fully saturated rings. The molecule has 0 radical (unpaired) electrons. The summed E-state index contributed by atoms with van der Waals surface area (Å²) in [5, 5.41) is 6.03. The number of nitrogens with one attached hydrogen (secondary N) is 2. The van der Waals surface area contributed by atoms with Crippen molar-refractivity contribution in [2.75, 3.05) is 10.6 Å². The van der Waals surface area contributed by atoms with Gasteiger partial charge in [0.25, 0.3) is 5.91 Å². The third-order valence-electron chi connectivity index (χ3n) is 3.54. The summed E-state index contributed by atoms with van der Waals surface area (Å²) in [7, 11) is 0. The maximum atomic E-state index is 12.4. The largest absolute Gasteiger partial charge is 0.489 e. The molecule has 6 heteroatoms. The number of amides is 1. The van der Waals surface area contributed by atoms with E-state index in [2.05, 4.69) is 15.6 Å². The Labute approximate surface area is 152 Å². The highest BCUT2D eigenvalue weighted by atomic mass is 16.5. The molecule has 0 unspecified atom stereocenters. The van der Waals surface area contributed by atoms with Crippen LogP contribution in [0.3, 0.4) is 0 Å². The second-order valence-electron chi connectivity index (χ2n) is 5.98. The first-order valence-corrected chi connectivity index (χ1v) is 8.41. The van der Waals surface area contributed by atoms with Crippen molar-refractivity contribution in [3.05, 3.63) is 72.4 Å². The molecule has 26 heavy (non-hydrogen) atoms. The van der Waals surface area contributed by atoms with Gasteiger partial charge in [0.2, 0.25) is 0 Å². The van der Waals surface area contributed by atoms with Crippen LogP contribution in [0.25, 0.3) is 0 Å². The number of para-hydroxylation sites is 2. The molecule has 0 saturated heterocycles. The second kappa shape index (κ2) is 8.20. The standard InChI is InChI=1S/C20H21N3O3/c1-14(2)26-19-8-4-3-7-17(19)23-20(24)18-10-9-15(12-22-18)21-13-16-6-5-11-25-16/h3-12,14,21H,13H2,1-2H3,(H,23,24). The number of anilines is 2. The van der Waals surface area contributed by atoms with Gasteiger partial charge in [-0.25, -0.2) is 4.98 Å². The van der Waals surface area contributed by atoms with Gasteiger partial charge in [-0.1, -0.05) is 12.1 Å². The number of pyridine rings is 1. The number of hydrogen-bond acceptors (Lipinski definition) is 5. The molecule has 0 bridgehead atoms. The lowest BCUT2D eigenvalue weighted by molar-refractivity contribution is 0.102. The van der Waals surface area contributed by atoms with Gasteiger partial charge in [0.1, 0.15) is 17.2 Å². The maximum absolute atomic E-state index is 12.4. The number of benzene rings is 1. The minimum absolute atomic E-state index is 0.0192. The zero-order chi connectivity index (χ0) is 18.4. The van der Waals surface area contributed by atoms with Gasteiger partial charge in [0.15, 0.2) is 0 Å². The number of nitrogens with zero attached hydrogens (tertiary/aromatic N) is 1. The van der Waals surface area contributed by atoms with E-state index in [0.717, 1.165) is 11.4 Å². The van der Waals surface area contributed by atoms with E-state index >= 15 is 0 Å². The van der Waals surface area contributed by atoms with Crippen LogP contribution in [0.1, 0.15) is 30.1 Å². The minimum atomic E-state index is -0.289. The lowest BCUT2D eigenvalue weighted by Crippen LogP contribution is -2.15. The fourth-order valence-corrected chi connectivity index (χ4v) is 2.35. The molecule has 2 N–H and O–H groups in total. The molecule has 0 atom stereocenters. The Morgan fingerprint density at radius 2 is 2.00 bits per heavy atom. The SMILES string of the molecule is CC(C)Oc1ccccc1NC(=O)c1ccc(NCc2ccco2)cn1. The Hall–Kier alpha value is -3.28. The third-order valence-corrected chi connectivity index (χ3v) is 3.54. The number of carbonyl (C=O) groups is 1. The molecule has 1 aromatic carbocycles. The predicted molar refractivity (Wildman–Crippen MR) is 100 cm³/mol. The quantitative estimate of drug-likeness (QED) is 0.663. The summed E-state index contributed by atoms with van der Waals surface area (Å²) in [6.07, 6.45) is 3.27. The Bertz CT molecular complexity index is 843. The average molecular weight is 351 g/mol. The van der Waals surface area contributed by atoms with Gasteiger partial charge in [0.05, 0.1) is 36.5 Å².